The van der Waals surface area contributed by atoms with Gasteiger partial charge in [-0.3, -0.25) is 9.59 Å². The Morgan fingerprint density at radius 2 is 1.87 bits per heavy atom. The number of halogens is 1. The molecule has 8 nitrogen and oxygen atoms in total. The number of hydrogen-bond donors (Lipinski definition) is 1. The van der Waals surface area contributed by atoms with E-state index in [1.807, 2.05) is 54.6 Å². The molecule has 0 radical (unpaired) electrons. The standard InChI is InChI=1S/C28H25ClN4O4S/c1-36-20-12-10-17(11-13-20)22-15-23(18-6-5-7-19(29)14-18)33(32-22)28-31-27(35)25(38-28)16-26(34)30-21-8-3-4-9-24(21)37-2/h3-14,23,25H,15-16H2,1-2H3,(H,30,34)/t23-,25-/m0/s1. The van der Waals surface area contributed by atoms with Gasteiger partial charge >= 0.3 is 0 Å². The fourth-order valence-corrected chi connectivity index (χ4v) is 5.60. The van der Waals surface area contributed by atoms with Gasteiger partial charge < -0.3 is 14.8 Å². The molecule has 194 valence electrons. The highest BCUT2D eigenvalue weighted by molar-refractivity contribution is 8.15. The highest BCUT2D eigenvalue weighted by Gasteiger charge is 2.39. The monoisotopic (exact) mass is 548 g/mol. The van der Waals surface area contributed by atoms with Crippen LogP contribution in [0.3, 0.4) is 0 Å². The molecule has 2 aliphatic heterocycles. The summed E-state index contributed by atoms with van der Waals surface area (Å²) < 4.78 is 10.6. The molecule has 10 heteroatoms. The summed E-state index contributed by atoms with van der Waals surface area (Å²) in [5.41, 5.74) is 3.30. The minimum Gasteiger partial charge on any atom is -0.497 e. The number of aliphatic imine (C=N–C) groups is 1. The van der Waals surface area contributed by atoms with E-state index in [4.69, 9.17) is 26.2 Å². The number of hydrogen-bond acceptors (Lipinski definition) is 7. The first-order chi connectivity index (χ1) is 18.4. The molecule has 3 aromatic rings. The molecule has 0 spiro atoms. The summed E-state index contributed by atoms with van der Waals surface area (Å²) in [5, 5.41) is 9.88. The van der Waals surface area contributed by atoms with E-state index in [0.717, 1.165) is 22.6 Å². The number of ether oxygens (including phenoxy) is 2. The third kappa shape index (κ3) is 5.54. The molecule has 0 fully saturated rings. The third-order valence-corrected chi connectivity index (χ3v) is 7.62. The Morgan fingerprint density at radius 3 is 2.61 bits per heavy atom. The minimum absolute atomic E-state index is 0.0285. The van der Waals surface area contributed by atoms with Crippen LogP contribution < -0.4 is 14.8 Å². The number of carbonyl (C=O) groups excluding carboxylic acids is 2. The molecule has 2 amide bonds. The van der Waals surface area contributed by atoms with Gasteiger partial charge in [0.1, 0.15) is 16.7 Å². The third-order valence-electron chi connectivity index (χ3n) is 6.24. The zero-order chi connectivity index (χ0) is 26.6. The number of amides is 2. The zero-order valence-corrected chi connectivity index (χ0v) is 22.3. The lowest BCUT2D eigenvalue weighted by Gasteiger charge is -2.23. The van der Waals surface area contributed by atoms with Crippen molar-refractivity contribution < 1.29 is 19.1 Å². The SMILES string of the molecule is COc1ccc(C2=NN(C3=NC(=O)[C@H](CC(=O)Nc4ccccc4OC)S3)[C@H](c3cccc(Cl)c3)C2)cc1. The van der Waals surface area contributed by atoms with Crippen LogP contribution in [-0.2, 0) is 9.59 Å². The molecule has 0 unspecified atom stereocenters. The molecule has 0 bridgehead atoms. The fourth-order valence-electron chi connectivity index (χ4n) is 4.34. The Balaban J connectivity index is 1.36. The van der Waals surface area contributed by atoms with E-state index in [1.54, 1.807) is 30.3 Å². The molecule has 0 saturated heterocycles. The fraction of sp³-hybridized carbons (Fsp3) is 0.214. The number of para-hydroxylation sites is 2. The molecule has 5 rings (SSSR count). The van der Waals surface area contributed by atoms with E-state index in [9.17, 15) is 9.59 Å². The van der Waals surface area contributed by atoms with Gasteiger partial charge in [0.15, 0.2) is 5.17 Å². The molecule has 2 atom stereocenters. The van der Waals surface area contributed by atoms with Gasteiger partial charge in [-0.15, -0.1) is 0 Å². The quantitative estimate of drug-likeness (QED) is 0.417. The molecule has 1 N–H and O–H groups in total. The second-order valence-corrected chi connectivity index (χ2v) is 10.3. The number of rotatable bonds is 7. The van der Waals surface area contributed by atoms with E-state index < -0.39 is 5.25 Å². The van der Waals surface area contributed by atoms with Crippen LogP contribution in [0.1, 0.15) is 30.0 Å². The number of benzene rings is 3. The van der Waals surface area contributed by atoms with Crippen molar-refractivity contribution in [2.45, 2.75) is 24.1 Å². The van der Waals surface area contributed by atoms with Crippen molar-refractivity contribution in [3.63, 3.8) is 0 Å². The van der Waals surface area contributed by atoms with Crippen LogP contribution in [0, 0.1) is 0 Å². The Bertz CT molecular complexity index is 1430. The molecule has 0 aliphatic carbocycles. The summed E-state index contributed by atoms with van der Waals surface area (Å²) in [6, 6.07) is 22.2. The maximum Gasteiger partial charge on any atom is 0.262 e. The smallest absolute Gasteiger partial charge is 0.262 e. The number of hydrazone groups is 1. The van der Waals surface area contributed by atoms with Crippen LogP contribution >= 0.6 is 23.4 Å². The number of anilines is 1. The molecular weight excluding hydrogens is 524 g/mol. The molecule has 2 heterocycles. The van der Waals surface area contributed by atoms with Crippen molar-refractivity contribution in [2.24, 2.45) is 10.1 Å². The van der Waals surface area contributed by atoms with Crippen molar-refractivity contribution in [3.05, 3.63) is 88.9 Å². The van der Waals surface area contributed by atoms with Gasteiger partial charge in [0.25, 0.3) is 5.91 Å². The summed E-state index contributed by atoms with van der Waals surface area (Å²) in [5.74, 6) is 0.640. The van der Waals surface area contributed by atoms with Crippen molar-refractivity contribution >= 4 is 51.7 Å². The molecule has 0 saturated carbocycles. The highest BCUT2D eigenvalue weighted by atomic mass is 35.5. The van der Waals surface area contributed by atoms with Crippen molar-refractivity contribution in [1.82, 2.24) is 5.01 Å². The van der Waals surface area contributed by atoms with Crippen molar-refractivity contribution in [2.75, 3.05) is 19.5 Å². The number of amidine groups is 1. The first kappa shape index (κ1) is 25.8. The predicted octanol–water partition coefficient (Wildman–Crippen LogP) is 5.54. The largest absolute Gasteiger partial charge is 0.497 e. The summed E-state index contributed by atoms with van der Waals surface area (Å²) in [7, 11) is 3.16. The second-order valence-electron chi connectivity index (χ2n) is 8.69. The van der Waals surface area contributed by atoms with Gasteiger partial charge in [0, 0.05) is 17.9 Å². The predicted molar refractivity (Wildman–Crippen MR) is 150 cm³/mol. The molecular formula is C28H25ClN4O4S. The zero-order valence-electron chi connectivity index (χ0n) is 20.8. The van der Waals surface area contributed by atoms with E-state index in [-0.39, 0.29) is 24.3 Å². The number of nitrogens with zero attached hydrogens (tertiary/aromatic N) is 3. The topological polar surface area (TPSA) is 92.6 Å². The lowest BCUT2D eigenvalue weighted by atomic mass is 9.98. The number of carbonyl (C=O) groups is 2. The van der Waals surface area contributed by atoms with Crippen molar-refractivity contribution in [3.8, 4) is 11.5 Å². The second kappa shape index (κ2) is 11.3. The highest BCUT2D eigenvalue weighted by Crippen LogP contribution is 2.39. The van der Waals surface area contributed by atoms with E-state index in [1.165, 1.54) is 18.9 Å². The molecule has 0 aromatic heterocycles. The van der Waals surface area contributed by atoms with Crippen LogP contribution in [0.4, 0.5) is 5.69 Å². The van der Waals surface area contributed by atoms with Crippen LogP contribution in [0.15, 0.2) is 82.9 Å². The Labute approximate surface area is 229 Å². The summed E-state index contributed by atoms with van der Waals surface area (Å²) in [4.78, 5) is 29.9. The molecule has 2 aliphatic rings. The van der Waals surface area contributed by atoms with Gasteiger partial charge in [-0.2, -0.15) is 10.1 Å². The van der Waals surface area contributed by atoms with Gasteiger partial charge in [-0.05, 0) is 59.7 Å². The molecule has 38 heavy (non-hydrogen) atoms. The van der Waals surface area contributed by atoms with Crippen molar-refractivity contribution in [1.29, 1.82) is 0 Å². The van der Waals surface area contributed by atoms with Crippen LogP contribution in [0.25, 0.3) is 0 Å². The Kier molecular flexibility index (Phi) is 7.67. The summed E-state index contributed by atoms with van der Waals surface area (Å²) >= 11 is 7.54. The minimum atomic E-state index is -0.653. The summed E-state index contributed by atoms with van der Waals surface area (Å²) in [6.07, 6.45) is 0.568. The number of thioether (sulfide) groups is 1. The Morgan fingerprint density at radius 1 is 1.08 bits per heavy atom. The average Bonchev–Trinajstić information content (AvgIpc) is 3.53. The van der Waals surface area contributed by atoms with Gasteiger partial charge in [-0.25, -0.2) is 5.01 Å². The van der Waals surface area contributed by atoms with Gasteiger partial charge in [0.05, 0.1) is 31.7 Å². The van der Waals surface area contributed by atoms with E-state index in [2.05, 4.69) is 10.3 Å². The number of methoxy groups -OCH3 is 2. The first-order valence-corrected chi connectivity index (χ1v) is 13.2. The maximum absolute atomic E-state index is 12.8. The first-order valence-electron chi connectivity index (χ1n) is 11.9. The van der Waals surface area contributed by atoms with Crippen LogP contribution in [-0.4, -0.2) is 47.2 Å². The van der Waals surface area contributed by atoms with Gasteiger partial charge in [0.2, 0.25) is 5.91 Å². The normalized spacial score (nSPS) is 18.7. The van der Waals surface area contributed by atoms with Crippen LogP contribution in [0.5, 0.6) is 11.5 Å². The Hall–Kier alpha value is -3.82. The summed E-state index contributed by atoms with van der Waals surface area (Å²) in [6.45, 7) is 0. The lowest BCUT2D eigenvalue weighted by molar-refractivity contribution is -0.121. The van der Waals surface area contributed by atoms with Crippen LogP contribution in [0.2, 0.25) is 5.02 Å². The van der Waals surface area contributed by atoms with E-state index >= 15 is 0 Å². The van der Waals surface area contributed by atoms with E-state index in [0.29, 0.717) is 28.0 Å². The lowest BCUT2D eigenvalue weighted by Crippen LogP contribution is -2.25. The maximum atomic E-state index is 12.8. The average molecular weight is 549 g/mol. The number of nitrogens with one attached hydrogen (secondary N) is 1. The molecule has 3 aromatic carbocycles. The van der Waals surface area contributed by atoms with Gasteiger partial charge in [-0.1, -0.05) is 47.6 Å².